The van der Waals surface area contributed by atoms with E-state index in [0.29, 0.717) is 4.21 Å². The lowest BCUT2D eigenvalue weighted by molar-refractivity contribution is -0.119. The average Bonchev–Trinajstić information content (AvgIpc) is 2.78. The number of hydrogen-bond acceptors (Lipinski definition) is 4. The number of carbonyl (C=O) groups excluding carboxylic acids is 1. The van der Waals surface area contributed by atoms with Gasteiger partial charge in [-0.3, -0.25) is 9.00 Å². The second kappa shape index (κ2) is 7.06. The molecule has 1 aromatic heterocycles. The third-order valence-electron chi connectivity index (χ3n) is 2.39. The number of alkyl halides is 2. The molecule has 0 aliphatic carbocycles. The second-order valence-corrected chi connectivity index (χ2v) is 9.27. The highest BCUT2D eigenvalue weighted by atomic mass is 35.5. The van der Waals surface area contributed by atoms with Crippen molar-refractivity contribution in [3.8, 4) is 0 Å². The molecule has 4 nitrogen and oxygen atoms in total. The van der Waals surface area contributed by atoms with Gasteiger partial charge in [0.15, 0.2) is 0 Å². The van der Waals surface area contributed by atoms with Crippen molar-refractivity contribution in [3.63, 3.8) is 0 Å². The van der Waals surface area contributed by atoms with Crippen LogP contribution in [0.2, 0.25) is 0 Å². The SMILES string of the molecule is C=S(=O)(c1cccs1)C(Cl)(Cl)C(CC(C)=O)OC.O. The number of thiophene rings is 1. The third kappa shape index (κ3) is 3.93. The number of Topliss-reactive ketones (excluding diaryl/α,β-unsaturated/α-hetero) is 1. The van der Waals surface area contributed by atoms with Gasteiger partial charge in [0.2, 0.25) is 3.67 Å². The second-order valence-electron chi connectivity index (χ2n) is 3.80. The van der Waals surface area contributed by atoms with E-state index < -0.39 is 19.3 Å². The van der Waals surface area contributed by atoms with Crippen molar-refractivity contribution in [1.82, 2.24) is 0 Å². The third-order valence-corrected chi connectivity index (χ3v) is 8.06. The quantitative estimate of drug-likeness (QED) is 0.584. The van der Waals surface area contributed by atoms with Crippen LogP contribution < -0.4 is 0 Å². The molecule has 2 atom stereocenters. The fraction of sp³-hybridized carbons (Fsp3) is 0.455. The van der Waals surface area contributed by atoms with E-state index in [1.165, 1.54) is 25.4 Å². The Hall–Kier alpha value is -0.110. The molecule has 2 N–H and O–H groups in total. The highest BCUT2D eigenvalue weighted by molar-refractivity contribution is 8.05. The topological polar surface area (TPSA) is 74.9 Å². The first-order valence-electron chi connectivity index (χ1n) is 5.04. The molecule has 1 aromatic rings. The summed E-state index contributed by atoms with van der Waals surface area (Å²) in [6.07, 6.45) is -0.882. The van der Waals surface area contributed by atoms with Crippen LogP contribution >= 0.6 is 34.5 Å². The summed E-state index contributed by atoms with van der Waals surface area (Å²) in [6, 6.07) is 3.39. The van der Waals surface area contributed by atoms with Crippen LogP contribution in [0.15, 0.2) is 21.7 Å². The lowest BCUT2D eigenvalue weighted by atomic mass is 10.2. The molecule has 8 heteroatoms. The Morgan fingerprint density at radius 3 is 2.58 bits per heavy atom. The van der Waals surface area contributed by atoms with Crippen molar-refractivity contribution in [1.29, 1.82) is 0 Å². The minimum absolute atomic E-state index is 0. The molecule has 0 aromatic carbocycles. The van der Waals surface area contributed by atoms with Crippen LogP contribution in [0.25, 0.3) is 0 Å². The Labute approximate surface area is 127 Å². The van der Waals surface area contributed by atoms with Crippen LogP contribution in [-0.2, 0) is 19.1 Å². The van der Waals surface area contributed by atoms with Crippen molar-refractivity contribution in [2.45, 2.75) is 27.3 Å². The Bertz CT molecular complexity index is 509. The van der Waals surface area contributed by atoms with E-state index >= 15 is 0 Å². The predicted octanol–water partition coefficient (Wildman–Crippen LogP) is 2.12. The highest BCUT2D eigenvalue weighted by Crippen LogP contribution is 2.41. The summed E-state index contributed by atoms with van der Waals surface area (Å²) in [5, 5.41) is 1.76. The van der Waals surface area contributed by atoms with Gasteiger partial charge in [-0.1, -0.05) is 29.3 Å². The van der Waals surface area contributed by atoms with Gasteiger partial charge in [0.25, 0.3) is 0 Å². The molecule has 19 heavy (non-hydrogen) atoms. The number of methoxy groups -OCH3 is 1. The number of halogens is 2. The zero-order valence-corrected chi connectivity index (χ0v) is 13.7. The van der Waals surface area contributed by atoms with E-state index in [-0.39, 0.29) is 17.7 Å². The Balaban J connectivity index is 0.00000324. The number of ether oxygens (including phenoxy) is 1. The monoisotopic (exact) mass is 346 g/mol. The number of carbonyl (C=O) groups is 1. The van der Waals surface area contributed by atoms with Crippen LogP contribution in [0.1, 0.15) is 13.3 Å². The lowest BCUT2D eigenvalue weighted by Crippen LogP contribution is -2.41. The fourth-order valence-corrected chi connectivity index (χ4v) is 5.31. The molecule has 0 spiro atoms. The van der Waals surface area contributed by atoms with Crippen LogP contribution in [0.3, 0.4) is 0 Å². The van der Waals surface area contributed by atoms with E-state index in [9.17, 15) is 9.00 Å². The summed E-state index contributed by atoms with van der Waals surface area (Å²) in [5.74, 6) is 3.50. The Morgan fingerprint density at radius 2 is 2.21 bits per heavy atom. The van der Waals surface area contributed by atoms with Gasteiger partial charge in [0.05, 0.1) is 4.21 Å². The summed E-state index contributed by atoms with van der Waals surface area (Å²) >= 11 is 13.6. The Kier molecular flexibility index (Phi) is 7.02. The summed E-state index contributed by atoms with van der Waals surface area (Å²) in [5.41, 5.74) is 0. The lowest BCUT2D eigenvalue weighted by Gasteiger charge is -2.30. The van der Waals surface area contributed by atoms with Gasteiger partial charge in [-0.2, -0.15) is 0 Å². The maximum Gasteiger partial charge on any atom is 0.215 e. The van der Waals surface area contributed by atoms with E-state index in [0.717, 1.165) is 0 Å². The standard InChI is InChI=1S/C11H14Cl2O3S2.H2O/c1-8(14)7-9(16-2)11(12,13)18(3,15)10-5-4-6-17-10;/h4-6,9H,3,7H2,1-2H3;1H2. The van der Waals surface area contributed by atoms with Crippen molar-refractivity contribution in [3.05, 3.63) is 17.5 Å². The summed E-state index contributed by atoms with van der Waals surface area (Å²) < 4.78 is 16.5. The van der Waals surface area contributed by atoms with E-state index in [1.54, 1.807) is 17.5 Å². The molecule has 1 rings (SSSR count). The van der Waals surface area contributed by atoms with E-state index in [1.807, 2.05) is 0 Å². The fourth-order valence-electron chi connectivity index (χ4n) is 1.40. The molecule has 2 unspecified atom stereocenters. The molecule has 0 radical (unpaired) electrons. The molecule has 0 amide bonds. The van der Waals surface area contributed by atoms with Gasteiger partial charge < -0.3 is 10.2 Å². The minimum Gasteiger partial charge on any atom is -0.412 e. The van der Waals surface area contributed by atoms with Crippen molar-refractivity contribution >= 4 is 55.7 Å². The molecule has 110 valence electrons. The zero-order valence-electron chi connectivity index (χ0n) is 10.5. The van der Waals surface area contributed by atoms with Crippen LogP contribution in [-0.4, -0.2) is 38.2 Å². The minimum atomic E-state index is -2.98. The summed E-state index contributed by atoms with van der Waals surface area (Å²) in [4.78, 5) is 11.2. The highest BCUT2D eigenvalue weighted by Gasteiger charge is 2.45. The van der Waals surface area contributed by atoms with Crippen LogP contribution in [0.5, 0.6) is 0 Å². The maximum atomic E-state index is 12.7. The van der Waals surface area contributed by atoms with Crippen molar-refractivity contribution < 1.29 is 19.2 Å². The molecule has 0 saturated heterocycles. The number of ketones is 1. The van der Waals surface area contributed by atoms with Crippen LogP contribution in [0.4, 0.5) is 0 Å². The predicted molar refractivity (Wildman–Crippen MR) is 82.0 cm³/mol. The van der Waals surface area contributed by atoms with Gasteiger partial charge in [-0.15, -0.1) is 11.3 Å². The number of rotatable bonds is 6. The normalized spacial score (nSPS) is 16.2. The van der Waals surface area contributed by atoms with Gasteiger partial charge >= 0.3 is 0 Å². The molecule has 1 heterocycles. The van der Waals surface area contributed by atoms with Gasteiger partial charge in [-0.25, -0.2) is 0 Å². The molecule has 0 bridgehead atoms. The molecule has 0 fully saturated rings. The smallest absolute Gasteiger partial charge is 0.215 e. The summed E-state index contributed by atoms with van der Waals surface area (Å²) in [7, 11) is -1.61. The largest absolute Gasteiger partial charge is 0.412 e. The maximum absolute atomic E-state index is 12.7. The van der Waals surface area contributed by atoms with E-state index in [4.69, 9.17) is 27.9 Å². The first-order valence-corrected chi connectivity index (χ1v) is 8.40. The average molecular weight is 347 g/mol. The first kappa shape index (κ1) is 18.9. The molecule has 0 saturated carbocycles. The molecule has 0 aliphatic heterocycles. The van der Waals surface area contributed by atoms with E-state index in [2.05, 4.69) is 5.87 Å². The number of hydrogen-bond donors (Lipinski definition) is 0. The first-order chi connectivity index (χ1) is 8.23. The zero-order chi connectivity index (χ0) is 14.0. The van der Waals surface area contributed by atoms with Crippen LogP contribution in [0, 0.1) is 0 Å². The Morgan fingerprint density at radius 1 is 1.63 bits per heavy atom. The van der Waals surface area contributed by atoms with Crippen molar-refractivity contribution in [2.24, 2.45) is 0 Å². The molecular weight excluding hydrogens is 331 g/mol. The molecule has 0 aliphatic rings. The van der Waals surface area contributed by atoms with Gasteiger partial charge in [0.1, 0.15) is 11.9 Å². The molecular formula is C11H16Cl2O4S2. The van der Waals surface area contributed by atoms with Gasteiger partial charge in [-0.05, 0) is 24.2 Å². The van der Waals surface area contributed by atoms with Crippen molar-refractivity contribution in [2.75, 3.05) is 7.11 Å². The van der Waals surface area contributed by atoms with Gasteiger partial charge in [0, 0.05) is 23.1 Å². The summed E-state index contributed by atoms with van der Waals surface area (Å²) in [6.45, 7) is 1.39.